The number of aromatic nitrogens is 2. The Kier molecular flexibility index (Phi) is 2.27. The molecule has 0 spiro atoms. The molecule has 98 valence electrons. The molecule has 3 nitrogen and oxygen atoms in total. The lowest BCUT2D eigenvalue weighted by Gasteiger charge is -2.56. The largest absolute Gasteiger partial charge is 0.240 e. The highest BCUT2D eigenvalue weighted by Crippen LogP contribution is 2.60. The Hall–Kier alpha value is -1.43. The summed E-state index contributed by atoms with van der Waals surface area (Å²) in [5.74, 6) is 2.65. The molecule has 1 aromatic heterocycles. The number of rotatable bonds is 1. The third kappa shape index (κ3) is 1.55. The van der Waals surface area contributed by atoms with Gasteiger partial charge in [0.1, 0.15) is 12.4 Å². The van der Waals surface area contributed by atoms with Gasteiger partial charge in [-0.25, -0.2) is 9.97 Å². The minimum Gasteiger partial charge on any atom is -0.240 e. The van der Waals surface area contributed by atoms with Gasteiger partial charge in [0.05, 0.1) is 17.0 Å². The predicted octanol–water partition coefficient (Wildman–Crippen LogP) is 3.12. The van der Waals surface area contributed by atoms with E-state index in [-0.39, 0.29) is 5.41 Å². The number of aryl methyl sites for hydroxylation is 1. The van der Waals surface area contributed by atoms with Crippen LogP contribution in [0.25, 0.3) is 0 Å². The molecule has 5 rings (SSSR count). The Bertz CT molecular complexity index is 535. The summed E-state index contributed by atoms with van der Waals surface area (Å²) in [6, 6.07) is 2.36. The van der Waals surface area contributed by atoms with Crippen molar-refractivity contribution >= 4 is 0 Å². The molecule has 0 amide bonds. The molecule has 4 fully saturated rings. The maximum atomic E-state index is 9.47. The van der Waals surface area contributed by atoms with Gasteiger partial charge in [0.2, 0.25) is 0 Å². The monoisotopic (exact) mass is 253 g/mol. The molecule has 4 saturated carbocycles. The van der Waals surface area contributed by atoms with Gasteiger partial charge in [-0.3, -0.25) is 0 Å². The van der Waals surface area contributed by atoms with Gasteiger partial charge in [0.15, 0.2) is 0 Å². The highest BCUT2D eigenvalue weighted by molar-refractivity contribution is 5.41. The molecule has 0 saturated heterocycles. The van der Waals surface area contributed by atoms with Crippen molar-refractivity contribution in [1.82, 2.24) is 9.97 Å². The second kappa shape index (κ2) is 3.79. The molecule has 19 heavy (non-hydrogen) atoms. The van der Waals surface area contributed by atoms with Crippen LogP contribution in [0, 0.1) is 36.0 Å². The molecule has 4 aliphatic carbocycles. The molecular weight excluding hydrogens is 234 g/mol. The van der Waals surface area contributed by atoms with Crippen molar-refractivity contribution in [3.05, 3.63) is 23.3 Å². The first-order valence-electron chi connectivity index (χ1n) is 7.42. The zero-order valence-corrected chi connectivity index (χ0v) is 11.4. The van der Waals surface area contributed by atoms with Crippen LogP contribution >= 0.6 is 0 Å². The lowest BCUT2D eigenvalue weighted by molar-refractivity contribution is -0.00743. The summed E-state index contributed by atoms with van der Waals surface area (Å²) in [5, 5.41) is 9.47. The average Bonchev–Trinajstić information content (AvgIpc) is 2.36. The van der Waals surface area contributed by atoms with E-state index in [0.29, 0.717) is 0 Å². The quantitative estimate of drug-likeness (QED) is 0.772. The van der Waals surface area contributed by atoms with E-state index in [9.17, 15) is 5.26 Å². The highest BCUT2D eigenvalue weighted by atomic mass is 14.9. The second-order valence-corrected chi connectivity index (χ2v) is 6.99. The van der Waals surface area contributed by atoms with E-state index in [1.807, 2.05) is 6.92 Å². The van der Waals surface area contributed by atoms with Gasteiger partial charge in [-0.2, -0.15) is 5.26 Å². The Morgan fingerprint density at radius 1 is 1.11 bits per heavy atom. The fourth-order valence-electron chi connectivity index (χ4n) is 5.41. The number of nitrogens with zero attached hydrogens (tertiary/aromatic N) is 3. The number of hydrogen-bond acceptors (Lipinski definition) is 3. The fraction of sp³-hybridized carbons (Fsp3) is 0.688. The van der Waals surface area contributed by atoms with Crippen molar-refractivity contribution in [2.24, 2.45) is 17.8 Å². The smallest absolute Gasteiger partial charge is 0.116 e. The van der Waals surface area contributed by atoms with Gasteiger partial charge in [0.25, 0.3) is 0 Å². The first kappa shape index (κ1) is 11.4. The van der Waals surface area contributed by atoms with Crippen molar-refractivity contribution in [2.75, 3.05) is 0 Å². The number of nitriles is 1. The van der Waals surface area contributed by atoms with Crippen LogP contribution in [0.3, 0.4) is 0 Å². The highest BCUT2D eigenvalue weighted by Gasteiger charge is 2.53. The van der Waals surface area contributed by atoms with Crippen molar-refractivity contribution in [2.45, 2.75) is 50.9 Å². The number of hydrogen-bond donors (Lipinski definition) is 0. The SMILES string of the molecule is Cc1ncnc(C23CC4CC(CC(C4)C2)C3)c1C#N. The zero-order valence-electron chi connectivity index (χ0n) is 11.4. The van der Waals surface area contributed by atoms with Gasteiger partial charge < -0.3 is 0 Å². The summed E-state index contributed by atoms with van der Waals surface area (Å²) in [4.78, 5) is 8.77. The Labute approximate surface area is 114 Å². The van der Waals surface area contributed by atoms with Crippen LogP contribution in [-0.2, 0) is 5.41 Å². The first-order valence-corrected chi connectivity index (χ1v) is 7.42. The Morgan fingerprint density at radius 2 is 1.68 bits per heavy atom. The van der Waals surface area contributed by atoms with Gasteiger partial charge in [-0.05, 0) is 63.2 Å². The molecule has 1 heterocycles. The van der Waals surface area contributed by atoms with E-state index >= 15 is 0 Å². The van der Waals surface area contributed by atoms with E-state index in [2.05, 4.69) is 16.0 Å². The van der Waals surface area contributed by atoms with Crippen LogP contribution < -0.4 is 0 Å². The normalized spacial score (nSPS) is 39.3. The third-order valence-electron chi connectivity index (χ3n) is 5.69. The van der Waals surface area contributed by atoms with Crippen molar-refractivity contribution in [1.29, 1.82) is 5.26 Å². The van der Waals surface area contributed by atoms with Crippen molar-refractivity contribution in [3.8, 4) is 6.07 Å². The Balaban J connectivity index is 1.84. The topological polar surface area (TPSA) is 49.6 Å². The second-order valence-electron chi connectivity index (χ2n) is 6.99. The van der Waals surface area contributed by atoms with Gasteiger partial charge in [-0.15, -0.1) is 0 Å². The fourth-order valence-corrected chi connectivity index (χ4v) is 5.41. The summed E-state index contributed by atoms with van der Waals surface area (Å²) in [7, 11) is 0. The molecule has 4 aliphatic rings. The van der Waals surface area contributed by atoms with E-state index < -0.39 is 0 Å². The Morgan fingerprint density at radius 3 is 2.21 bits per heavy atom. The van der Waals surface area contributed by atoms with Crippen molar-refractivity contribution < 1.29 is 0 Å². The summed E-state index contributed by atoms with van der Waals surface area (Å²) >= 11 is 0. The minimum atomic E-state index is 0.202. The minimum absolute atomic E-state index is 0.202. The molecule has 0 unspecified atom stereocenters. The molecule has 0 N–H and O–H groups in total. The van der Waals surface area contributed by atoms with Crippen LogP contribution in [0.4, 0.5) is 0 Å². The summed E-state index contributed by atoms with van der Waals surface area (Å²) in [5.41, 5.74) is 2.88. The summed E-state index contributed by atoms with van der Waals surface area (Å²) < 4.78 is 0. The van der Waals surface area contributed by atoms with Gasteiger partial charge in [0, 0.05) is 5.41 Å². The molecule has 3 heteroatoms. The first-order chi connectivity index (χ1) is 9.20. The summed E-state index contributed by atoms with van der Waals surface area (Å²) in [6.07, 6.45) is 9.68. The molecule has 0 aromatic carbocycles. The molecule has 1 aromatic rings. The average molecular weight is 253 g/mol. The molecular formula is C16H19N3. The lowest BCUT2D eigenvalue weighted by atomic mass is 9.48. The van der Waals surface area contributed by atoms with Crippen LogP contribution in [0.1, 0.15) is 55.5 Å². The maximum Gasteiger partial charge on any atom is 0.116 e. The molecule has 0 atom stereocenters. The van der Waals surface area contributed by atoms with E-state index in [4.69, 9.17) is 0 Å². The van der Waals surface area contributed by atoms with Crippen molar-refractivity contribution in [3.63, 3.8) is 0 Å². The van der Waals surface area contributed by atoms with E-state index in [1.54, 1.807) is 6.33 Å². The van der Waals surface area contributed by atoms with Crippen LogP contribution in [-0.4, -0.2) is 9.97 Å². The zero-order chi connectivity index (χ0) is 13.0. The maximum absolute atomic E-state index is 9.47. The molecule has 0 aliphatic heterocycles. The van der Waals surface area contributed by atoms with E-state index in [1.165, 1.54) is 38.5 Å². The third-order valence-corrected chi connectivity index (χ3v) is 5.69. The van der Waals surface area contributed by atoms with Gasteiger partial charge in [-0.1, -0.05) is 0 Å². The lowest BCUT2D eigenvalue weighted by Crippen LogP contribution is -2.49. The predicted molar refractivity (Wildman–Crippen MR) is 71.3 cm³/mol. The summed E-state index contributed by atoms with van der Waals surface area (Å²) in [6.45, 7) is 1.93. The van der Waals surface area contributed by atoms with Crippen LogP contribution in [0.5, 0.6) is 0 Å². The standard InChI is InChI=1S/C16H19N3/c1-10-14(8-17)15(19-9-18-10)16-5-11-2-12(6-16)4-13(3-11)7-16/h9,11-13H,2-7H2,1H3. The van der Waals surface area contributed by atoms with Crippen LogP contribution in [0.15, 0.2) is 6.33 Å². The van der Waals surface area contributed by atoms with Crippen LogP contribution in [0.2, 0.25) is 0 Å². The molecule has 0 radical (unpaired) electrons. The van der Waals surface area contributed by atoms with E-state index in [0.717, 1.165) is 34.7 Å². The van der Waals surface area contributed by atoms with Gasteiger partial charge >= 0.3 is 0 Å². The molecule has 4 bridgehead atoms.